The molecule has 0 spiro atoms. The van der Waals surface area contributed by atoms with E-state index >= 15 is 0 Å². The number of rotatable bonds is 11. The Labute approximate surface area is 282 Å². The number of carbonyl (C=O) groups is 1. The SMILES string of the molecule is C/C=C/Cn1c(N2CCCN(CCC3(c4ccc(F)cc4)CCN(C(=O)c4cc(OC)c(OC)c(OC)c4)C3)CC2)nc2ccccc21. The third-order valence-corrected chi connectivity index (χ3v) is 9.95. The second-order valence-corrected chi connectivity index (χ2v) is 12.7. The van der Waals surface area contributed by atoms with E-state index in [1.54, 1.807) is 33.5 Å². The number of allylic oxidation sites excluding steroid dienone is 2. The van der Waals surface area contributed by atoms with Crippen molar-refractivity contribution < 1.29 is 23.4 Å². The first-order valence-corrected chi connectivity index (χ1v) is 16.8. The molecule has 2 fully saturated rings. The number of halogens is 1. The highest BCUT2D eigenvalue weighted by molar-refractivity contribution is 5.96. The van der Waals surface area contributed by atoms with Gasteiger partial charge >= 0.3 is 0 Å². The summed E-state index contributed by atoms with van der Waals surface area (Å²) >= 11 is 0. The van der Waals surface area contributed by atoms with Crippen LogP contribution in [0.5, 0.6) is 17.2 Å². The number of imidazole rings is 1. The van der Waals surface area contributed by atoms with Gasteiger partial charge < -0.3 is 33.5 Å². The van der Waals surface area contributed by atoms with E-state index in [1.807, 2.05) is 30.0 Å². The molecule has 0 N–H and O–H groups in total. The summed E-state index contributed by atoms with van der Waals surface area (Å²) in [6.45, 7) is 8.59. The monoisotopic (exact) mass is 655 g/mol. The van der Waals surface area contributed by atoms with Crippen molar-refractivity contribution >= 4 is 22.9 Å². The Balaban J connectivity index is 1.19. The Morgan fingerprint density at radius 1 is 0.938 bits per heavy atom. The Morgan fingerprint density at radius 2 is 1.69 bits per heavy atom. The first kappa shape index (κ1) is 33.3. The largest absolute Gasteiger partial charge is 0.493 e. The maximum atomic E-state index is 14.1. The number of hydrogen-bond acceptors (Lipinski definition) is 7. The van der Waals surface area contributed by atoms with Gasteiger partial charge in [0.25, 0.3) is 5.91 Å². The minimum Gasteiger partial charge on any atom is -0.493 e. The van der Waals surface area contributed by atoms with Gasteiger partial charge in [-0.3, -0.25) is 4.79 Å². The Bertz CT molecular complexity index is 1730. The van der Waals surface area contributed by atoms with Gasteiger partial charge in [-0.25, -0.2) is 9.37 Å². The van der Waals surface area contributed by atoms with Crippen molar-refractivity contribution in [3.8, 4) is 17.2 Å². The summed E-state index contributed by atoms with van der Waals surface area (Å²) in [5, 5.41) is 0. The number of methoxy groups -OCH3 is 3. The average Bonchev–Trinajstić information content (AvgIpc) is 3.64. The molecule has 0 radical (unpaired) electrons. The molecule has 0 saturated carbocycles. The van der Waals surface area contributed by atoms with Gasteiger partial charge in [0.05, 0.1) is 32.4 Å². The van der Waals surface area contributed by atoms with Gasteiger partial charge in [-0.05, 0) is 81.2 Å². The van der Waals surface area contributed by atoms with Crippen LogP contribution in [-0.2, 0) is 12.0 Å². The summed E-state index contributed by atoms with van der Waals surface area (Å²) in [6, 6.07) is 18.6. The van der Waals surface area contributed by atoms with Crippen molar-refractivity contribution in [2.45, 2.75) is 38.1 Å². The minimum absolute atomic E-state index is 0.0931. The fraction of sp³-hybridized carbons (Fsp3) is 0.421. The lowest BCUT2D eigenvalue weighted by molar-refractivity contribution is 0.0780. The summed E-state index contributed by atoms with van der Waals surface area (Å²) < 4.78 is 32.9. The second kappa shape index (κ2) is 14.7. The molecule has 1 atom stereocenters. The molecular formula is C38H46FN5O4. The Kier molecular flexibility index (Phi) is 10.2. The van der Waals surface area contributed by atoms with E-state index in [0.29, 0.717) is 35.9 Å². The number of amides is 1. The Morgan fingerprint density at radius 3 is 2.40 bits per heavy atom. The van der Waals surface area contributed by atoms with Crippen LogP contribution in [0.3, 0.4) is 0 Å². The zero-order valence-electron chi connectivity index (χ0n) is 28.5. The van der Waals surface area contributed by atoms with Gasteiger partial charge in [0.1, 0.15) is 5.82 Å². The van der Waals surface area contributed by atoms with E-state index < -0.39 is 0 Å². The van der Waals surface area contributed by atoms with Crippen molar-refractivity contribution in [2.75, 3.05) is 72.0 Å². The highest BCUT2D eigenvalue weighted by Gasteiger charge is 2.42. The van der Waals surface area contributed by atoms with Crippen LogP contribution >= 0.6 is 0 Å². The second-order valence-electron chi connectivity index (χ2n) is 12.7. The number of ether oxygens (including phenoxy) is 3. The molecule has 10 heteroatoms. The summed E-state index contributed by atoms with van der Waals surface area (Å²) in [5.41, 5.74) is 3.42. The zero-order valence-corrected chi connectivity index (χ0v) is 28.5. The van der Waals surface area contributed by atoms with Gasteiger partial charge in [0.2, 0.25) is 11.7 Å². The van der Waals surface area contributed by atoms with Crippen molar-refractivity contribution in [3.05, 3.63) is 89.8 Å². The van der Waals surface area contributed by atoms with Crippen LogP contribution < -0.4 is 19.1 Å². The molecule has 0 aliphatic carbocycles. The molecule has 6 rings (SSSR count). The smallest absolute Gasteiger partial charge is 0.254 e. The van der Waals surface area contributed by atoms with Crippen molar-refractivity contribution in [1.82, 2.24) is 19.4 Å². The predicted octanol–water partition coefficient (Wildman–Crippen LogP) is 6.16. The molecule has 48 heavy (non-hydrogen) atoms. The normalized spacial score (nSPS) is 18.9. The summed E-state index contributed by atoms with van der Waals surface area (Å²) in [7, 11) is 4.63. The van der Waals surface area contributed by atoms with Crippen LogP contribution in [0.4, 0.5) is 10.3 Å². The lowest BCUT2D eigenvalue weighted by Crippen LogP contribution is -2.39. The van der Waals surface area contributed by atoms with E-state index in [4.69, 9.17) is 19.2 Å². The number of para-hydroxylation sites is 2. The van der Waals surface area contributed by atoms with Crippen LogP contribution in [0.1, 0.15) is 42.1 Å². The molecule has 2 aliphatic heterocycles. The number of aromatic nitrogens is 2. The van der Waals surface area contributed by atoms with Gasteiger partial charge in [-0.2, -0.15) is 0 Å². The third kappa shape index (κ3) is 6.71. The van der Waals surface area contributed by atoms with Crippen molar-refractivity contribution in [3.63, 3.8) is 0 Å². The molecule has 3 aromatic carbocycles. The predicted molar refractivity (Wildman–Crippen MR) is 187 cm³/mol. The highest BCUT2D eigenvalue weighted by Crippen LogP contribution is 2.41. The number of carbonyl (C=O) groups excluding carboxylic acids is 1. The van der Waals surface area contributed by atoms with Crippen LogP contribution in [0.25, 0.3) is 11.0 Å². The Hall–Kier alpha value is -4.57. The van der Waals surface area contributed by atoms with Gasteiger partial charge in [0.15, 0.2) is 11.5 Å². The van der Waals surface area contributed by atoms with E-state index in [9.17, 15) is 9.18 Å². The van der Waals surface area contributed by atoms with Crippen LogP contribution in [0.15, 0.2) is 72.8 Å². The number of likely N-dealkylation sites (tertiary alicyclic amines) is 1. The van der Waals surface area contributed by atoms with Gasteiger partial charge in [-0.15, -0.1) is 0 Å². The number of benzene rings is 3. The number of nitrogens with zero attached hydrogens (tertiary/aromatic N) is 5. The lowest BCUT2D eigenvalue weighted by Gasteiger charge is -2.33. The van der Waals surface area contributed by atoms with Gasteiger partial charge in [-0.1, -0.05) is 36.4 Å². The highest BCUT2D eigenvalue weighted by atomic mass is 19.1. The molecule has 254 valence electrons. The molecular weight excluding hydrogens is 609 g/mol. The zero-order chi connectivity index (χ0) is 33.7. The van der Waals surface area contributed by atoms with E-state index in [1.165, 1.54) is 12.1 Å². The lowest BCUT2D eigenvalue weighted by atomic mass is 9.76. The quantitative estimate of drug-likeness (QED) is 0.179. The molecule has 2 aliphatic rings. The van der Waals surface area contributed by atoms with E-state index in [2.05, 4.69) is 44.7 Å². The van der Waals surface area contributed by atoms with Gasteiger partial charge in [0, 0.05) is 50.2 Å². The van der Waals surface area contributed by atoms with E-state index in [-0.39, 0.29) is 17.1 Å². The maximum Gasteiger partial charge on any atom is 0.254 e. The standard InChI is InChI=1S/C38H46FN5O4/c1-5-6-20-44-32-11-8-7-10-31(32)40-37(44)42-19-9-18-41(23-24-42)21-16-38(29-12-14-30(39)15-13-29)17-22-43(27-38)36(45)28-25-33(46-2)35(48-4)34(26-28)47-3/h5-8,10-15,25-26H,9,16-24,27H2,1-4H3/b6-5+. The third-order valence-electron chi connectivity index (χ3n) is 9.95. The number of fused-ring (bicyclic) bond motifs is 1. The fourth-order valence-corrected chi connectivity index (χ4v) is 7.28. The minimum atomic E-state index is -0.295. The average molecular weight is 656 g/mol. The van der Waals surface area contributed by atoms with Crippen LogP contribution in [-0.4, -0.2) is 92.4 Å². The number of anilines is 1. The van der Waals surface area contributed by atoms with E-state index in [0.717, 1.165) is 81.1 Å². The van der Waals surface area contributed by atoms with Crippen LogP contribution in [0.2, 0.25) is 0 Å². The molecule has 2 saturated heterocycles. The molecule has 3 heterocycles. The molecule has 1 aromatic heterocycles. The summed E-state index contributed by atoms with van der Waals surface area (Å²) in [4.78, 5) is 25.8. The molecule has 9 nitrogen and oxygen atoms in total. The molecule has 0 bridgehead atoms. The summed E-state index contributed by atoms with van der Waals surface area (Å²) in [5.74, 6) is 2.00. The van der Waals surface area contributed by atoms with Crippen LogP contribution in [0, 0.1) is 5.82 Å². The topological polar surface area (TPSA) is 72.3 Å². The first-order chi connectivity index (χ1) is 23.4. The molecule has 1 amide bonds. The van der Waals surface area contributed by atoms with Crippen molar-refractivity contribution in [1.29, 1.82) is 0 Å². The first-order valence-electron chi connectivity index (χ1n) is 16.8. The van der Waals surface area contributed by atoms with Crippen molar-refractivity contribution in [2.24, 2.45) is 0 Å². The molecule has 4 aromatic rings. The molecule has 1 unspecified atom stereocenters. The number of hydrogen-bond donors (Lipinski definition) is 0. The summed E-state index contributed by atoms with van der Waals surface area (Å²) in [6.07, 6.45) is 6.94. The fourth-order valence-electron chi connectivity index (χ4n) is 7.28. The maximum absolute atomic E-state index is 14.1.